The largest absolute Gasteiger partial charge is 0.469 e. The van der Waals surface area contributed by atoms with E-state index in [2.05, 4.69) is 22.1 Å². The van der Waals surface area contributed by atoms with Gasteiger partial charge in [-0.05, 0) is 32.4 Å². The zero-order valence-corrected chi connectivity index (χ0v) is 15.7. The summed E-state index contributed by atoms with van der Waals surface area (Å²) < 4.78 is 29.0. The highest BCUT2D eigenvalue weighted by molar-refractivity contribution is 7.92. The fourth-order valence-electron chi connectivity index (χ4n) is 2.69. The summed E-state index contributed by atoms with van der Waals surface area (Å²) in [5.41, 5.74) is 0. The Morgan fingerprint density at radius 1 is 1.46 bits per heavy atom. The first-order chi connectivity index (χ1) is 11.4. The summed E-state index contributed by atoms with van der Waals surface area (Å²) >= 11 is 0. The van der Waals surface area contributed by atoms with E-state index < -0.39 is 14.6 Å². The lowest BCUT2D eigenvalue weighted by atomic mass is 10.2. The predicted octanol–water partition coefficient (Wildman–Crippen LogP) is 2.08. The summed E-state index contributed by atoms with van der Waals surface area (Å²) in [5.74, 6) is 1.90. The monoisotopic (exact) mass is 355 g/mol. The Labute approximate surface area is 145 Å². The standard InChI is InChI=1S/C17H29N3O3S/c1-4-5-9-18-16(19-10-8-15-7-6-12-23-15)20-11-13-24(21,22)17(2,3)14-20/h6-7,12H,4-5,8-11,13-14H2,1-3H3,(H,18,19). The highest BCUT2D eigenvalue weighted by Crippen LogP contribution is 2.23. The average molecular weight is 356 g/mol. The van der Waals surface area contributed by atoms with E-state index in [1.54, 1.807) is 20.1 Å². The van der Waals surface area contributed by atoms with Gasteiger partial charge < -0.3 is 14.6 Å². The summed E-state index contributed by atoms with van der Waals surface area (Å²) in [6.45, 7) is 8.14. The smallest absolute Gasteiger partial charge is 0.194 e. The van der Waals surface area contributed by atoms with Crippen molar-refractivity contribution in [2.75, 3.05) is 31.9 Å². The fraction of sp³-hybridized carbons (Fsp3) is 0.706. The molecule has 6 nitrogen and oxygen atoms in total. The third-order valence-electron chi connectivity index (χ3n) is 4.35. The molecule has 0 spiro atoms. The van der Waals surface area contributed by atoms with Crippen LogP contribution in [-0.2, 0) is 16.3 Å². The van der Waals surface area contributed by atoms with Crippen molar-refractivity contribution in [3.63, 3.8) is 0 Å². The summed E-state index contributed by atoms with van der Waals surface area (Å²) in [6, 6.07) is 3.83. The van der Waals surface area contributed by atoms with Crippen molar-refractivity contribution in [2.24, 2.45) is 4.99 Å². The van der Waals surface area contributed by atoms with Gasteiger partial charge in [-0.15, -0.1) is 0 Å². The molecule has 7 heteroatoms. The number of nitrogens with zero attached hydrogens (tertiary/aromatic N) is 2. The number of hydrogen-bond acceptors (Lipinski definition) is 4. The Hall–Kier alpha value is -1.50. The normalized spacial score (nSPS) is 20.1. The van der Waals surface area contributed by atoms with Crippen LogP contribution in [0.4, 0.5) is 0 Å². The second kappa shape index (κ2) is 8.05. The minimum Gasteiger partial charge on any atom is -0.469 e. The van der Waals surface area contributed by atoms with Crippen LogP contribution < -0.4 is 5.32 Å². The van der Waals surface area contributed by atoms with Crippen LogP contribution in [0.1, 0.15) is 39.4 Å². The lowest BCUT2D eigenvalue weighted by Crippen LogP contribution is -2.57. The van der Waals surface area contributed by atoms with Crippen molar-refractivity contribution >= 4 is 15.8 Å². The molecule has 24 heavy (non-hydrogen) atoms. The van der Waals surface area contributed by atoms with E-state index in [1.807, 2.05) is 12.1 Å². The second-order valence-corrected chi connectivity index (χ2v) is 9.56. The molecule has 1 fully saturated rings. The number of aliphatic imine (C=N–C) groups is 1. The van der Waals surface area contributed by atoms with Crippen LogP contribution in [0.5, 0.6) is 0 Å². The van der Waals surface area contributed by atoms with Gasteiger partial charge in [-0.3, -0.25) is 4.99 Å². The van der Waals surface area contributed by atoms with E-state index in [0.717, 1.165) is 37.5 Å². The molecule has 0 atom stereocenters. The van der Waals surface area contributed by atoms with Crippen molar-refractivity contribution in [2.45, 2.75) is 44.8 Å². The summed E-state index contributed by atoms with van der Waals surface area (Å²) in [5, 5.41) is 3.37. The Bertz CT molecular complexity index is 636. The molecule has 1 aliphatic heterocycles. The van der Waals surface area contributed by atoms with Gasteiger partial charge in [0.05, 0.1) is 16.8 Å². The average Bonchev–Trinajstić information content (AvgIpc) is 3.02. The molecule has 0 unspecified atom stereocenters. The Morgan fingerprint density at radius 2 is 2.25 bits per heavy atom. The first-order valence-electron chi connectivity index (χ1n) is 8.63. The van der Waals surface area contributed by atoms with Crippen LogP contribution in [0.3, 0.4) is 0 Å². The zero-order chi connectivity index (χ0) is 17.6. The lowest BCUT2D eigenvalue weighted by Gasteiger charge is -2.39. The van der Waals surface area contributed by atoms with E-state index >= 15 is 0 Å². The van der Waals surface area contributed by atoms with Gasteiger partial charge in [0.25, 0.3) is 0 Å². The van der Waals surface area contributed by atoms with Crippen LogP contribution in [0.25, 0.3) is 0 Å². The number of guanidine groups is 1. The molecule has 1 N–H and O–H groups in total. The zero-order valence-electron chi connectivity index (χ0n) is 14.9. The third kappa shape index (κ3) is 4.75. The number of sulfone groups is 1. The Kier molecular flexibility index (Phi) is 6.32. The maximum atomic E-state index is 12.2. The Morgan fingerprint density at radius 3 is 2.88 bits per heavy atom. The molecular weight excluding hydrogens is 326 g/mol. The van der Waals surface area contributed by atoms with E-state index in [4.69, 9.17) is 4.42 Å². The molecule has 0 saturated carbocycles. The fourth-order valence-corrected chi connectivity index (χ4v) is 4.05. The molecule has 2 rings (SSSR count). The molecule has 1 aliphatic rings. The molecule has 0 aromatic carbocycles. The number of nitrogens with one attached hydrogen (secondary N) is 1. The molecule has 0 aliphatic carbocycles. The topological polar surface area (TPSA) is 74.9 Å². The molecule has 0 radical (unpaired) electrons. The molecule has 1 aromatic heterocycles. The predicted molar refractivity (Wildman–Crippen MR) is 97.1 cm³/mol. The van der Waals surface area contributed by atoms with E-state index in [-0.39, 0.29) is 5.75 Å². The minimum atomic E-state index is -3.05. The SMILES string of the molecule is CCCCN=C(NCCc1ccco1)N1CCS(=O)(=O)C(C)(C)C1. The van der Waals surface area contributed by atoms with Gasteiger partial charge in [0, 0.05) is 32.6 Å². The summed E-state index contributed by atoms with van der Waals surface area (Å²) in [7, 11) is -3.05. The molecular formula is C17H29N3O3S. The highest BCUT2D eigenvalue weighted by atomic mass is 32.2. The first-order valence-corrected chi connectivity index (χ1v) is 10.3. The minimum absolute atomic E-state index is 0.173. The van der Waals surface area contributed by atoms with Gasteiger partial charge in [-0.1, -0.05) is 13.3 Å². The van der Waals surface area contributed by atoms with Crippen molar-refractivity contribution in [1.82, 2.24) is 10.2 Å². The van der Waals surface area contributed by atoms with Crippen LogP contribution >= 0.6 is 0 Å². The first kappa shape index (κ1) is 18.8. The van der Waals surface area contributed by atoms with Gasteiger partial charge >= 0.3 is 0 Å². The summed E-state index contributed by atoms with van der Waals surface area (Å²) in [4.78, 5) is 6.74. The summed E-state index contributed by atoms with van der Waals surface area (Å²) in [6.07, 6.45) is 4.56. The van der Waals surface area contributed by atoms with Gasteiger partial charge in [0.15, 0.2) is 15.8 Å². The van der Waals surface area contributed by atoms with Crippen LogP contribution in [0.2, 0.25) is 0 Å². The van der Waals surface area contributed by atoms with Gasteiger partial charge in [-0.2, -0.15) is 0 Å². The van der Waals surface area contributed by atoms with Crippen LogP contribution in [0.15, 0.2) is 27.8 Å². The molecule has 0 amide bonds. The third-order valence-corrected chi connectivity index (χ3v) is 6.88. The quantitative estimate of drug-likeness (QED) is 0.480. The number of unbranched alkanes of at least 4 members (excludes halogenated alkanes) is 1. The van der Waals surface area contributed by atoms with Crippen molar-refractivity contribution in [3.8, 4) is 0 Å². The number of hydrogen-bond donors (Lipinski definition) is 1. The number of furan rings is 1. The van der Waals surface area contributed by atoms with Crippen molar-refractivity contribution < 1.29 is 12.8 Å². The van der Waals surface area contributed by atoms with E-state index in [0.29, 0.717) is 19.6 Å². The van der Waals surface area contributed by atoms with E-state index in [9.17, 15) is 8.42 Å². The Balaban J connectivity index is 2.01. The highest BCUT2D eigenvalue weighted by Gasteiger charge is 2.40. The maximum Gasteiger partial charge on any atom is 0.194 e. The lowest BCUT2D eigenvalue weighted by molar-refractivity contribution is 0.352. The number of rotatable bonds is 6. The van der Waals surface area contributed by atoms with Crippen molar-refractivity contribution in [3.05, 3.63) is 24.2 Å². The van der Waals surface area contributed by atoms with E-state index in [1.165, 1.54) is 0 Å². The van der Waals surface area contributed by atoms with Crippen molar-refractivity contribution in [1.29, 1.82) is 0 Å². The van der Waals surface area contributed by atoms with Gasteiger partial charge in [0.1, 0.15) is 5.76 Å². The maximum absolute atomic E-state index is 12.2. The van der Waals surface area contributed by atoms with Gasteiger partial charge in [0.2, 0.25) is 0 Å². The molecule has 1 saturated heterocycles. The molecule has 2 heterocycles. The van der Waals surface area contributed by atoms with Crippen LogP contribution in [0, 0.1) is 0 Å². The van der Waals surface area contributed by atoms with Gasteiger partial charge in [-0.25, -0.2) is 8.42 Å². The van der Waals surface area contributed by atoms with Crippen LogP contribution in [-0.4, -0.2) is 56.0 Å². The molecule has 0 bridgehead atoms. The molecule has 136 valence electrons. The second-order valence-electron chi connectivity index (χ2n) is 6.82. The molecule has 1 aromatic rings.